The molecule has 1 aliphatic rings. The van der Waals surface area contributed by atoms with E-state index in [1.807, 2.05) is 0 Å². The molecule has 2 heterocycles. The molecule has 0 radical (unpaired) electrons. The Morgan fingerprint density at radius 1 is 1.04 bits per heavy atom. The molecule has 0 amide bonds. The highest BCUT2D eigenvalue weighted by atomic mass is 19.1. The van der Waals surface area contributed by atoms with Crippen molar-refractivity contribution in [3.8, 4) is 0 Å². The molecule has 6 heteroatoms. The fraction of sp³-hybridized carbons (Fsp3) is 0.211. The highest BCUT2D eigenvalue weighted by molar-refractivity contribution is 5.45. The maximum absolute atomic E-state index is 13.7. The van der Waals surface area contributed by atoms with Gasteiger partial charge in [0.15, 0.2) is 5.82 Å². The molecule has 0 bridgehead atoms. The number of nitrogens with one attached hydrogen (secondary N) is 1. The van der Waals surface area contributed by atoms with Crippen molar-refractivity contribution >= 4 is 11.8 Å². The number of hydrogen-bond donors (Lipinski definition) is 1. The average molecular weight is 335 g/mol. The second-order valence-corrected chi connectivity index (χ2v) is 6.02. The molecule has 25 heavy (non-hydrogen) atoms. The minimum atomic E-state index is -0.244. The Hall–Kier alpha value is -3.02. The SMILES string of the molecule is Fc1ccccc1CNc1nncc(N2CCc3ccccc3C2)n1. The van der Waals surface area contributed by atoms with Gasteiger partial charge in [-0.15, -0.1) is 5.10 Å². The zero-order valence-electron chi connectivity index (χ0n) is 13.7. The van der Waals surface area contributed by atoms with Crippen molar-refractivity contribution in [3.05, 3.63) is 77.2 Å². The first-order valence-electron chi connectivity index (χ1n) is 8.28. The first-order valence-corrected chi connectivity index (χ1v) is 8.28. The molecule has 0 atom stereocenters. The maximum Gasteiger partial charge on any atom is 0.244 e. The zero-order chi connectivity index (χ0) is 17.1. The summed E-state index contributed by atoms with van der Waals surface area (Å²) >= 11 is 0. The number of benzene rings is 2. The Kier molecular flexibility index (Phi) is 4.24. The molecular weight excluding hydrogens is 317 g/mol. The highest BCUT2D eigenvalue weighted by Gasteiger charge is 2.17. The van der Waals surface area contributed by atoms with Gasteiger partial charge in [-0.05, 0) is 23.6 Å². The number of rotatable bonds is 4. The first kappa shape index (κ1) is 15.5. The Balaban J connectivity index is 1.48. The Morgan fingerprint density at radius 3 is 2.72 bits per heavy atom. The molecule has 0 saturated carbocycles. The Bertz CT molecular complexity index is 883. The van der Waals surface area contributed by atoms with Gasteiger partial charge >= 0.3 is 0 Å². The summed E-state index contributed by atoms with van der Waals surface area (Å²) in [6.07, 6.45) is 2.65. The van der Waals surface area contributed by atoms with Crippen LogP contribution in [0.15, 0.2) is 54.7 Å². The quantitative estimate of drug-likeness (QED) is 0.793. The second-order valence-electron chi connectivity index (χ2n) is 6.02. The van der Waals surface area contributed by atoms with Crippen LogP contribution in [0.1, 0.15) is 16.7 Å². The van der Waals surface area contributed by atoms with E-state index in [0.29, 0.717) is 18.1 Å². The van der Waals surface area contributed by atoms with Crippen molar-refractivity contribution in [2.45, 2.75) is 19.5 Å². The van der Waals surface area contributed by atoms with Gasteiger partial charge < -0.3 is 10.2 Å². The predicted octanol–water partition coefficient (Wildman–Crippen LogP) is 3.19. The molecule has 5 nitrogen and oxygen atoms in total. The van der Waals surface area contributed by atoms with Gasteiger partial charge in [0.05, 0.1) is 6.20 Å². The minimum absolute atomic E-state index is 0.244. The van der Waals surface area contributed by atoms with Gasteiger partial charge in [-0.1, -0.05) is 42.5 Å². The van der Waals surface area contributed by atoms with Crippen LogP contribution >= 0.6 is 0 Å². The third-order valence-corrected chi connectivity index (χ3v) is 4.40. The largest absolute Gasteiger partial charge is 0.350 e. The van der Waals surface area contributed by atoms with Crippen LogP contribution < -0.4 is 10.2 Å². The van der Waals surface area contributed by atoms with Crippen molar-refractivity contribution in [3.63, 3.8) is 0 Å². The van der Waals surface area contributed by atoms with Crippen LogP contribution in [0.4, 0.5) is 16.2 Å². The number of hydrogen-bond acceptors (Lipinski definition) is 5. The lowest BCUT2D eigenvalue weighted by Crippen LogP contribution is -2.31. The molecule has 2 aromatic carbocycles. The van der Waals surface area contributed by atoms with Gasteiger partial charge in [0, 0.05) is 25.2 Å². The van der Waals surface area contributed by atoms with Crippen LogP contribution in [-0.2, 0) is 19.5 Å². The van der Waals surface area contributed by atoms with E-state index < -0.39 is 0 Å². The number of fused-ring (bicyclic) bond motifs is 1. The molecule has 0 unspecified atom stereocenters. The van der Waals surface area contributed by atoms with E-state index >= 15 is 0 Å². The fourth-order valence-electron chi connectivity index (χ4n) is 3.03. The standard InChI is InChI=1S/C19H18FN5/c20-17-8-4-3-6-15(17)11-21-19-23-18(12-22-24-19)25-10-9-14-5-1-2-7-16(14)13-25/h1-8,12H,9-11,13H2,(H,21,23,24). The molecule has 0 spiro atoms. The fourth-order valence-corrected chi connectivity index (χ4v) is 3.03. The molecule has 0 fully saturated rings. The molecule has 1 N–H and O–H groups in total. The van der Waals surface area contributed by atoms with Crippen molar-refractivity contribution in [1.29, 1.82) is 0 Å². The van der Waals surface area contributed by atoms with Gasteiger partial charge in [-0.3, -0.25) is 0 Å². The third kappa shape index (κ3) is 3.42. The monoisotopic (exact) mass is 335 g/mol. The summed E-state index contributed by atoms with van der Waals surface area (Å²) in [5.74, 6) is 0.937. The highest BCUT2D eigenvalue weighted by Crippen LogP contribution is 2.22. The van der Waals surface area contributed by atoms with Gasteiger partial charge in [-0.25, -0.2) is 4.39 Å². The Labute approximate surface area is 145 Å². The van der Waals surface area contributed by atoms with Crippen LogP contribution in [0.25, 0.3) is 0 Å². The zero-order valence-corrected chi connectivity index (χ0v) is 13.7. The number of halogens is 1. The van der Waals surface area contributed by atoms with E-state index in [4.69, 9.17) is 0 Å². The van der Waals surface area contributed by atoms with Crippen molar-refractivity contribution in [2.24, 2.45) is 0 Å². The van der Waals surface area contributed by atoms with Crippen LogP contribution in [0.3, 0.4) is 0 Å². The maximum atomic E-state index is 13.7. The van der Waals surface area contributed by atoms with Gasteiger partial charge in [-0.2, -0.15) is 10.1 Å². The van der Waals surface area contributed by atoms with E-state index in [1.54, 1.807) is 24.4 Å². The molecule has 4 rings (SSSR count). The molecular formula is C19H18FN5. The van der Waals surface area contributed by atoms with E-state index in [-0.39, 0.29) is 5.82 Å². The summed E-state index contributed by atoms with van der Waals surface area (Å²) in [5.41, 5.74) is 3.27. The minimum Gasteiger partial charge on any atom is -0.350 e. The van der Waals surface area contributed by atoms with E-state index in [1.165, 1.54) is 17.2 Å². The van der Waals surface area contributed by atoms with Gasteiger partial charge in [0.1, 0.15) is 5.82 Å². The van der Waals surface area contributed by atoms with Crippen LogP contribution in [0, 0.1) is 5.82 Å². The smallest absolute Gasteiger partial charge is 0.244 e. The van der Waals surface area contributed by atoms with E-state index in [0.717, 1.165) is 25.3 Å². The van der Waals surface area contributed by atoms with Crippen LogP contribution in [-0.4, -0.2) is 21.7 Å². The van der Waals surface area contributed by atoms with Gasteiger partial charge in [0.2, 0.25) is 5.95 Å². The second kappa shape index (κ2) is 6.84. The number of anilines is 2. The number of nitrogens with zero attached hydrogens (tertiary/aromatic N) is 4. The molecule has 0 saturated heterocycles. The summed E-state index contributed by atoms with van der Waals surface area (Å²) in [6.45, 7) is 2.02. The third-order valence-electron chi connectivity index (χ3n) is 4.40. The lowest BCUT2D eigenvalue weighted by atomic mass is 10.0. The normalized spacial score (nSPS) is 13.4. The summed E-state index contributed by atoms with van der Waals surface area (Å²) in [4.78, 5) is 6.72. The summed E-state index contributed by atoms with van der Waals surface area (Å²) in [6, 6.07) is 15.1. The van der Waals surface area contributed by atoms with Crippen molar-refractivity contribution < 1.29 is 4.39 Å². The van der Waals surface area contributed by atoms with E-state index in [2.05, 4.69) is 49.7 Å². The summed E-state index contributed by atoms with van der Waals surface area (Å²) in [7, 11) is 0. The predicted molar refractivity (Wildman–Crippen MR) is 94.7 cm³/mol. The van der Waals surface area contributed by atoms with Gasteiger partial charge in [0.25, 0.3) is 0 Å². The average Bonchev–Trinajstić information content (AvgIpc) is 2.67. The molecule has 126 valence electrons. The molecule has 0 aliphatic carbocycles. The lowest BCUT2D eigenvalue weighted by Gasteiger charge is -2.29. The lowest BCUT2D eigenvalue weighted by molar-refractivity contribution is 0.612. The first-order chi connectivity index (χ1) is 12.3. The molecule has 3 aromatic rings. The van der Waals surface area contributed by atoms with Crippen molar-refractivity contribution in [1.82, 2.24) is 15.2 Å². The molecule has 1 aliphatic heterocycles. The van der Waals surface area contributed by atoms with Crippen LogP contribution in [0.5, 0.6) is 0 Å². The van der Waals surface area contributed by atoms with Crippen LogP contribution in [0.2, 0.25) is 0 Å². The number of aromatic nitrogens is 3. The Morgan fingerprint density at radius 2 is 1.84 bits per heavy atom. The molecule has 1 aromatic heterocycles. The van der Waals surface area contributed by atoms with Crippen molar-refractivity contribution in [2.75, 3.05) is 16.8 Å². The topological polar surface area (TPSA) is 53.9 Å². The summed E-state index contributed by atoms with van der Waals surface area (Å²) < 4.78 is 13.7. The van der Waals surface area contributed by atoms with E-state index in [9.17, 15) is 4.39 Å². The summed E-state index contributed by atoms with van der Waals surface area (Å²) in [5, 5.41) is 11.1.